The molecule has 1 heterocycles. The van der Waals surface area contributed by atoms with E-state index in [1.165, 1.54) is 0 Å². The molecule has 0 fully saturated rings. The molecule has 0 aliphatic rings. The summed E-state index contributed by atoms with van der Waals surface area (Å²) in [5.74, 6) is 0.0225. The van der Waals surface area contributed by atoms with E-state index in [1.807, 2.05) is 55.8 Å². The van der Waals surface area contributed by atoms with Crippen LogP contribution in [0.3, 0.4) is 0 Å². The van der Waals surface area contributed by atoms with Gasteiger partial charge < -0.3 is 9.84 Å². The summed E-state index contributed by atoms with van der Waals surface area (Å²) in [6, 6.07) is 11.5. The van der Waals surface area contributed by atoms with Crippen molar-refractivity contribution in [3.8, 4) is 17.0 Å². The molecule has 0 radical (unpaired) electrons. The van der Waals surface area contributed by atoms with Crippen molar-refractivity contribution in [2.75, 3.05) is 0 Å². The summed E-state index contributed by atoms with van der Waals surface area (Å²) in [6.45, 7) is 4.43. The van der Waals surface area contributed by atoms with Gasteiger partial charge in [0.25, 0.3) is 0 Å². The lowest BCUT2D eigenvalue weighted by Crippen LogP contribution is -2.02. The molecular weight excluding hydrogens is 382 g/mol. The summed E-state index contributed by atoms with van der Waals surface area (Å²) in [5.41, 5.74) is 6.89. The van der Waals surface area contributed by atoms with Crippen LogP contribution in [-0.4, -0.2) is 16.1 Å². The molecule has 6 heteroatoms. The van der Waals surface area contributed by atoms with Crippen LogP contribution in [0.4, 0.5) is 0 Å². The maximum absolute atomic E-state index is 10.8. The predicted octanol–water partition coefficient (Wildman–Crippen LogP) is 5.68. The van der Waals surface area contributed by atoms with Gasteiger partial charge in [-0.1, -0.05) is 29.8 Å². The monoisotopic (exact) mass is 401 g/mol. The van der Waals surface area contributed by atoms with Crippen molar-refractivity contribution < 1.29 is 14.6 Å². The van der Waals surface area contributed by atoms with E-state index in [-0.39, 0.29) is 6.42 Å². The fourth-order valence-electron chi connectivity index (χ4n) is 2.88. The molecule has 0 unspecified atom stereocenters. The molecule has 2 aromatic carbocycles. The molecule has 0 bridgehead atoms. The Hall–Kier alpha value is -2.37. The zero-order valence-corrected chi connectivity index (χ0v) is 16.7. The first kappa shape index (κ1) is 19.4. The molecule has 3 rings (SSSR count). The van der Waals surface area contributed by atoms with Gasteiger partial charge in [0.1, 0.15) is 12.4 Å². The minimum atomic E-state index is -0.785. The number of hydrogen-bond acceptors (Lipinski definition) is 4. The summed E-state index contributed by atoms with van der Waals surface area (Å²) >= 11 is 7.52. The summed E-state index contributed by atoms with van der Waals surface area (Å²) in [7, 11) is 0. The van der Waals surface area contributed by atoms with Crippen molar-refractivity contribution in [1.29, 1.82) is 0 Å². The summed E-state index contributed by atoms with van der Waals surface area (Å²) in [6.07, 6.45) is 0.656. The number of aromatic nitrogens is 1. The van der Waals surface area contributed by atoms with E-state index in [9.17, 15) is 4.79 Å². The number of aliphatic carboxylic acids is 1. The second kappa shape index (κ2) is 8.55. The number of thiazole rings is 1. The van der Waals surface area contributed by atoms with Gasteiger partial charge in [-0.3, -0.25) is 4.79 Å². The Balaban J connectivity index is 1.74. The van der Waals surface area contributed by atoms with Crippen LogP contribution in [0, 0.1) is 13.8 Å². The average molecular weight is 402 g/mol. The molecule has 0 saturated carbocycles. The first-order valence-corrected chi connectivity index (χ1v) is 9.83. The average Bonchev–Trinajstić information content (AvgIpc) is 3.11. The molecule has 0 spiro atoms. The number of halogens is 1. The minimum absolute atomic E-state index is 0.131. The Morgan fingerprint density at radius 1 is 1.15 bits per heavy atom. The van der Waals surface area contributed by atoms with E-state index < -0.39 is 5.97 Å². The third kappa shape index (κ3) is 4.67. The second-order valence-electron chi connectivity index (χ2n) is 6.29. The van der Waals surface area contributed by atoms with Crippen molar-refractivity contribution in [3.05, 3.63) is 68.5 Å². The van der Waals surface area contributed by atoms with Crippen LogP contribution in [0.15, 0.2) is 41.9 Å². The molecule has 140 valence electrons. The zero-order valence-electron chi connectivity index (χ0n) is 15.2. The van der Waals surface area contributed by atoms with Gasteiger partial charge in [-0.15, -0.1) is 11.3 Å². The van der Waals surface area contributed by atoms with Crippen molar-refractivity contribution in [2.24, 2.45) is 0 Å². The van der Waals surface area contributed by atoms with Crippen LogP contribution in [-0.2, 0) is 17.8 Å². The number of benzene rings is 2. The Kier molecular flexibility index (Phi) is 6.14. The lowest BCUT2D eigenvalue weighted by molar-refractivity contribution is -0.136. The van der Waals surface area contributed by atoms with Crippen molar-refractivity contribution in [2.45, 2.75) is 33.3 Å². The fraction of sp³-hybridized carbons (Fsp3) is 0.238. The molecular formula is C21H20ClNO3S. The van der Waals surface area contributed by atoms with Crippen LogP contribution in [0.2, 0.25) is 5.02 Å². The van der Waals surface area contributed by atoms with Gasteiger partial charge in [-0.25, -0.2) is 4.98 Å². The Morgan fingerprint density at radius 3 is 2.59 bits per heavy atom. The Bertz CT molecular complexity index is 951. The third-order valence-electron chi connectivity index (χ3n) is 4.58. The molecule has 0 amide bonds. The molecule has 0 aliphatic carbocycles. The Labute approximate surface area is 167 Å². The summed E-state index contributed by atoms with van der Waals surface area (Å²) in [5, 5.41) is 9.57. The van der Waals surface area contributed by atoms with Crippen LogP contribution in [0.25, 0.3) is 11.3 Å². The molecule has 0 aliphatic heterocycles. The number of hydrogen-bond donors (Lipinski definition) is 1. The largest absolute Gasteiger partial charge is 0.488 e. The smallest absolute Gasteiger partial charge is 0.303 e. The van der Waals surface area contributed by atoms with Crippen LogP contribution in [0.1, 0.15) is 28.0 Å². The standard InChI is InChI=1S/C21H20ClNO3S/c1-13-14(2)18(9-5-15(13)6-10-20(24)25)26-11-19-21(23-12-27-19)16-3-7-17(22)8-4-16/h3-5,7-9,12H,6,10-11H2,1-2H3,(H,24,25). The van der Waals surface area contributed by atoms with E-state index in [0.717, 1.165) is 38.6 Å². The van der Waals surface area contributed by atoms with E-state index in [1.54, 1.807) is 11.3 Å². The molecule has 3 aromatic rings. The maximum atomic E-state index is 10.8. The molecule has 0 atom stereocenters. The SMILES string of the molecule is Cc1c(CCC(=O)O)ccc(OCc2scnc2-c2ccc(Cl)cc2)c1C. The molecule has 0 saturated heterocycles. The van der Waals surface area contributed by atoms with E-state index in [2.05, 4.69) is 4.98 Å². The lowest BCUT2D eigenvalue weighted by Gasteiger charge is -2.14. The van der Waals surface area contributed by atoms with E-state index in [0.29, 0.717) is 18.1 Å². The van der Waals surface area contributed by atoms with Gasteiger partial charge in [0.2, 0.25) is 0 Å². The van der Waals surface area contributed by atoms with Gasteiger partial charge in [-0.2, -0.15) is 0 Å². The van der Waals surface area contributed by atoms with Crippen molar-refractivity contribution in [1.82, 2.24) is 4.98 Å². The number of carboxylic acid groups (broad SMARTS) is 1. The molecule has 1 aromatic heterocycles. The van der Waals surface area contributed by atoms with Crippen LogP contribution >= 0.6 is 22.9 Å². The fourth-order valence-corrected chi connectivity index (χ4v) is 3.70. The number of carboxylic acids is 1. The highest BCUT2D eigenvalue weighted by Crippen LogP contribution is 2.30. The maximum Gasteiger partial charge on any atom is 0.303 e. The summed E-state index contributed by atoms with van der Waals surface area (Å²) < 4.78 is 6.06. The number of carbonyl (C=O) groups is 1. The van der Waals surface area contributed by atoms with E-state index >= 15 is 0 Å². The minimum Gasteiger partial charge on any atom is -0.488 e. The topological polar surface area (TPSA) is 59.4 Å². The lowest BCUT2D eigenvalue weighted by atomic mass is 9.99. The number of aryl methyl sites for hydroxylation is 1. The first-order chi connectivity index (χ1) is 13.0. The third-order valence-corrected chi connectivity index (χ3v) is 5.63. The first-order valence-electron chi connectivity index (χ1n) is 8.57. The van der Waals surface area contributed by atoms with Gasteiger partial charge in [0.05, 0.1) is 16.1 Å². The number of nitrogens with zero attached hydrogens (tertiary/aromatic N) is 1. The predicted molar refractivity (Wildman–Crippen MR) is 109 cm³/mol. The van der Waals surface area contributed by atoms with Gasteiger partial charge >= 0.3 is 5.97 Å². The zero-order chi connectivity index (χ0) is 19.4. The summed E-state index contributed by atoms with van der Waals surface area (Å²) in [4.78, 5) is 16.3. The Morgan fingerprint density at radius 2 is 1.89 bits per heavy atom. The number of ether oxygens (including phenoxy) is 1. The number of rotatable bonds is 7. The van der Waals surface area contributed by atoms with Crippen molar-refractivity contribution in [3.63, 3.8) is 0 Å². The van der Waals surface area contributed by atoms with Crippen molar-refractivity contribution >= 4 is 28.9 Å². The van der Waals surface area contributed by atoms with E-state index in [4.69, 9.17) is 21.4 Å². The van der Waals surface area contributed by atoms with Crippen LogP contribution in [0.5, 0.6) is 5.75 Å². The quantitative estimate of drug-likeness (QED) is 0.553. The normalized spacial score (nSPS) is 10.8. The van der Waals surface area contributed by atoms with Gasteiger partial charge in [0, 0.05) is 17.0 Å². The molecule has 27 heavy (non-hydrogen) atoms. The van der Waals surface area contributed by atoms with Gasteiger partial charge in [-0.05, 0) is 55.2 Å². The van der Waals surface area contributed by atoms with Gasteiger partial charge in [0.15, 0.2) is 0 Å². The molecule has 1 N–H and O–H groups in total. The highest BCUT2D eigenvalue weighted by molar-refractivity contribution is 7.10. The molecule has 4 nitrogen and oxygen atoms in total. The highest BCUT2D eigenvalue weighted by atomic mass is 35.5. The second-order valence-corrected chi connectivity index (χ2v) is 7.66. The highest BCUT2D eigenvalue weighted by Gasteiger charge is 2.12. The van der Waals surface area contributed by atoms with Crippen LogP contribution < -0.4 is 4.74 Å².